The van der Waals surface area contributed by atoms with E-state index in [1.54, 1.807) is 45.0 Å². The molecule has 0 radical (unpaired) electrons. The molecule has 3 aromatic carbocycles. The van der Waals surface area contributed by atoms with Crippen molar-refractivity contribution in [3.05, 3.63) is 111 Å². The number of fused-ring (bicyclic) bond motifs is 5. The molecule has 1 unspecified atom stereocenters. The third-order valence-electron chi connectivity index (χ3n) is 8.40. The smallest absolute Gasteiger partial charge is 0.412 e. The fourth-order valence-corrected chi connectivity index (χ4v) is 7.54. The van der Waals surface area contributed by atoms with Crippen molar-refractivity contribution in [2.45, 2.75) is 51.4 Å². The number of hydrogen-bond donors (Lipinski definition) is 1. The predicted molar refractivity (Wildman–Crippen MR) is 172 cm³/mol. The Kier molecular flexibility index (Phi) is 7.49. The molecule has 4 aromatic rings. The standard InChI is InChI=1S/C36H32N2O7S/c1-36(2,3)45-34(41)30-27-16-20(17-38-32(39)25-14-8-9-15-26(25)33(38)40)43-19-29(27)46-31(30)37-35(42)44-18-28-23-12-6-4-10-21(23)22-11-5-7-13-24(22)28/h4-15,20,28H,16-19H2,1-3H3,(H,37,42). The molecule has 3 heterocycles. The molecule has 2 aliphatic heterocycles. The number of imide groups is 1. The van der Waals surface area contributed by atoms with Crippen LogP contribution in [0.3, 0.4) is 0 Å². The monoisotopic (exact) mass is 636 g/mol. The number of rotatable bonds is 6. The summed E-state index contributed by atoms with van der Waals surface area (Å²) in [6, 6.07) is 22.9. The van der Waals surface area contributed by atoms with Crippen molar-refractivity contribution in [2.24, 2.45) is 0 Å². The van der Waals surface area contributed by atoms with Gasteiger partial charge in [-0.2, -0.15) is 0 Å². The number of esters is 1. The van der Waals surface area contributed by atoms with Crippen molar-refractivity contribution in [1.82, 2.24) is 4.90 Å². The Hall–Kier alpha value is -4.80. The lowest BCUT2D eigenvalue weighted by Crippen LogP contribution is -2.40. The Morgan fingerprint density at radius 3 is 2.04 bits per heavy atom. The zero-order valence-electron chi connectivity index (χ0n) is 25.6. The average molecular weight is 637 g/mol. The summed E-state index contributed by atoms with van der Waals surface area (Å²) in [5.41, 5.74) is 5.30. The Morgan fingerprint density at radius 1 is 0.891 bits per heavy atom. The zero-order valence-corrected chi connectivity index (χ0v) is 26.4. The van der Waals surface area contributed by atoms with Gasteiger partial charge in [0.1, 0.15) is 17.2 Å². The van der Waals surface area contributed by atoms with E-state index in [9.17, 15) is 19.2 Å². The lowest BCUT2D eigenvalue weighted by Gasteiger charge is -2.27. The predicted octanol–water partition coefficient (Wildman–Crippen LogP) is 6.80. The number of nitrogens with one attached hydrogen (secondary N) is 1. The van der Waals surface area contributed by atoms with E-state index in [1.807, 2.05) is 36.4 Å². The first-order chi connectivity index (χ1) is 22.1. The maximum atomic E-state index is 13.6. The van der Waals surface area contributed by atoms with Crippen molar-refractivity contribution >= 4 is 40.2 Å². The zero-order chi connectivity index (χ0) is 32.2. The lowest BCUT2D eigenvalue weighted by molar-refractivity contribution is 0.00352. The number of thiophene rings is 1. The van der Waals surface area contributed by atoms with Crippen LogP contribution in [0.4, 0.5) is 9.80 Å². The first-order valence-corrected chi connectivity index (χ1v) is 16.0. The van der Waals surface area contributed by atoms with Crippen LogP contribution >= 0.6 is 11.3 Å². The van der Waals surface area contributed by atoms with Gasteiger partial charge in [-0.25, -0.2) is 9.59 Å². The van der Waals surface area contributed by atoms with E-state index in [4.69, 9.17) is 14.2 Å². The topological polar surface area (TPSA) is 111 Å². The first-order valence-electron chi connectivity index (χ1n) is 15.2. The molecule has 1 N–H and O–H groups in total. The van der Waals surface area contributed by atoms with Gasteiger partial charge in [0.25, 0.3) is 11.8 Å². The molecule has 0 saturated carbocycles. The number of ether oxygens (including phenoxy) is 3. The number of carbonyl (C=O) groups is 4. The number of hydrogen-bond acceptors (Lipinski definition) is 8. The van der Waals surface area contributed by atoms with Gasteiger partial charge in [0.05, 0.1) is 35.9 Å². The Labute approximate surface area is 270 Å². The molecule has 9 nitrogen and oxygen atoms in total. The molecule has 0 spiro atoms. The molecule has 0 bridgehead atoms. The van der Waals surface area contributed by atoms with Crippen LogP contribution in [0.15, 0.2) is 72.8 Å². The molecule has 3 amide bonds. The van der Waals surface area contributed by atoms with Gasteiger partial charge in [-0.1, -0.05) is 60.7 Å². The van der Waals surface area contributed by atoms with Crippen LogP contribution in [-0.2, 0) is 27.2 Å². The Balaban J connectivity index is 1.10. The maximum absolute atomic E-state index is 13.6. The third-order valence-corrected chi connectivity index (χ3v) is 9.52. The summed E-state index contributed by atoms with van der Waals surface area (Å²) < 4.78 is 17.6. The minimum absolute atomic E-state index is 0.0323. The number of carbonyl (C=O) groups excluding carboxylic acids is 4. The van der Waals surface area contributed by atoms with Crippen LogP contribution in [0.2, 0.25) is 0 Å². The highest BCUT2D eigenvalue weighted by Crippen LogP contribution is 2.45. The van der Waals surface area contributed by atoms with Crippen molar-refractivity contribution < 1.29 is 33.4 Å². The van der Waals surface area contributed by atoms with Gasteiger partial charge in [0.2, 0.25) is 0 Å². The average Bonchev–Trinajstić information content (AvgIpc) is 3.63. The van der Waals surface area contributed by atoms with E-state index in [-0.39, 0.29) is 49.5 Å². The molecule has 0 saturated heterocycles. The SMILES string of the molecule is CC(C)(C)OC(=O)c1c(NC(=O)OCC2c3ccccc3-c3ccccc32)sc2c1CC(CN1C(=O)c3ccccc3C1=O)OC2. The van der Waals surface area contributed by atoms with Gasteiger partial charge in [0, 0.05) is 17.2 Å². The van der Waals surface area contributed by atoms with Gasteiger partial charge in [0.15, 0.2) is 0 Å². The highest BCUT2D eigenvalue weighted by Gasteiger charge is 2.39. The largest absolute Gasteiger partial charge is 0.456 e. The minimum atomic E-state index is -0.780. The summed E-state index contributed by atoms with van der Waals surface area (Å²) in [5, 5.41) is 3.11. The van der Waals surface area contributed by atoms with E-state index in [0.717, 1.165) is 27.1 Å². The van der Waals surface area contributed by atoms with Crippen LogP contribution in [0.5, 0.6) is 0 Å². The van der Waals surface area contributed by atoms with Crippen LogP contribution < -0.4 is 5.32 Å². The highest BCUT2D eigenvalue weighted by atomic mass is 32.1. The van der Waals surface area contributed by atoms with Gasteiger partial charge < -0.3 is 14.2 Å². The summed E-state index contributed by atoms with van der Waals surface area (Å²) in [5.74, 6) is -1.44. The normalized spacial score (nSPS) is 16.8. The van der Waals surface area contributed by atoms with Gasteiger partial charge in [-0.05, 0) is 60.7 Å². The fourth-order valence-electron chi connectivity index (χ4n) is 6.41. The molecule has 7 rings (SSSR count). The molecule has 46 heavy (non-hydrogen) atoms. The number of amides is 3. The van der Waals surface area contributed by atoms with E-state index in [2.05, 4.69) is 17.4 Å². The van der Waals surface area contributed by atoms with E-state index in [0.29, 0.717) is 21.7 Å². The van der Waals surface area contributed by atoms with E-state index >= 15 is 0 Å². The second-order valence-electron chi connectivity index (χ2n) is 12.6. The second-order valence-corrected chi connectivity index (χ2v) is 13.7. The molecule has 1 atom stereocenters. The lowest BCUT2D eigenvalue weighted by atomic mass is 9.98. The number of anilines is 1. The summed E-state index contributed by atoms with van der Waals surface area (Å²) in [6.45, 7) is 5.63. The van der Waals surface area contributed by atoms with Gasteiger partial charge >= 0.3 is 12.1 Å². The quantitative estimate of drug-likeness (QED) is 0.183. The fraction of sp³-hybridized carbons (Fsp3) is 0.278. The Morgan fingerprint density at radius 2 is 1.46 bits per heavy atom. The van der Waals surface area contributed by atoms with Crippen LogP contribution in [0.25, 0.3) is 11.1 Å². The van der Waals surface area contributed by atoms with Gasteiger partial charge in [-0.15, -0.1) is 11.3 Å². The first kappa shape index (κ1) is 29.9. The highest BCUT2D eigenvalue weighted by molar-refractivity contribution is 7.17. The minimum Gasteiger partial charge on any atom is -0.456 e. The Bertz CT molecular complexity index is 1830. The second kappa shape index (κ2) is 11.5. The molecule has 234 valence electrons. The molecular weight excluding hydrogens is 604 g/mol. The summed E-state index contributed by atoms with van der Waals surface area (Å²) >= 11 is 1.23. The number of nitrogens with zero attached hydrogens (tertiary/aromatic N) is 1. The maximum Gasteiger partial charge on any atom is 0.412 e. The van der Waals surface area contributed by atoms with Crippen molar-refractivity contribution in [3.63, 3.8) is 0 Å². The van der Waals surface area contributed by atoms with Crippen LogP contribution in [0.1, 0.15) is 79.3 Å². The molecule has 0 fully saturated rings. The van der Waals surface area contributed by atoms with Gasteiger partial charge in [-0.3, -0.25) is 19.8 Å². The number of benzene rings is 3. The van der Waals surface area contributed by atoms with Crippen LogP contribution in [0, 0.1) is 0 Å². The van der Waals surface area contributed by atoms with Crippen molar-refractivity contribution in [3.8, 4) is 11.1 Å². The van der Waals surface area contributed by atoms with Crippen molar-refractivity contribution in [1.29, 1.82) is 0 Å². The summed E-state index contributed by atoms with van der Waals surface area (Å²) in [4.78, 5) is 54.8. The molecule has 1 aliphatic carbocycles. The van der Waals surface area contributed by atoms with Crippen molar-refractivity contribution in [2.75, 3.05) is 18.5 Å². The molecular formula is C36H32N2O7S. The van der Waals surface area contributed by atoms with E-state index in [1.165, 1.54) is 16.2 Å². The third kappa shape index (κ3) is 5.37. The summed E-state index contributed by atoms with van der Waals surface area (Å²) in [6.07, 6.45) is -0.984. The molecule has 10 heteroatoms. The summed E-state index contributed by atoms with van der Waals surface area (Å²) in [7, 11) is 0. The molecule has 1 aromatic heterocycles. The molecule has 3 aliphatic rings. The van der Waals surface area contributed by atoms with E-state index < -0.39 is 23.8 Å². The van der Waals surface area contributed by atoms with Crippen LogP contribution in [-0.4, -0.2) is 53.6 Å².